The van der Waals surface area contributed by atoms with Gasteiger partial charge in [-0.05, 0) is 6.92 Å². The highest BCUT2D eigenvalue weighted by atomic mass is 16.5. The van der Waals surface area contributed by atoms with E-state index in [1.165, 1.54) is 13.4 Å². The van der Waals surface area contributed by atoms with E-state index in [1.54, 1.807) is 6.07 Å². The standard InChI is InChI=1S/C11H13N3O2/c1-4-6-14(5-2)10-7-9(11(15)16-3)12-8-13-10/h1,7-8H,5-6H2,2-3H3. The zero-order chi connectivity index (χ0) is 12.0. The van der Waals surface area contributed by atoms with Crippen LogP contribution in [0.15, 0.2) is 12.4 Å². The minimum Gasteiger partial charge on any atom is -0.464 e. The van der Waals surface area contributed by atoms with E-state index in [9.17, 15) is 4.79 Å². The third kappa shape index (κ3) is 2.70. The SMILES string of the molecule is C#CCN(CC)c1cc(C(=O)OC)ncn1. The molecule has 1 heterocycles. The summed E-state index contributed by atoms with van der Waals surface area (Å²) in [4.78, 5) is 21.0. The Hall–Kier alpha value is -2.09. The molecule has 0 aromatic carbocycles. The quantitative estimate of drug-likeness (QED) is 0.551. The number of methoxy groups -OCH3 is 1. The highest BCUT2D eigenvalue weighted by Crippen LogP contribution is 2.10. The van der Waals surface area contributed by atoms with Gasteiger partial charge >= 0.3 is 5.97 Å². The average molecular weight is 219 g/mol. The van der Waals surface area contributed by atoms with Crippen LogP contribution >= 0.6 is 0 Å². The molecule has 1 aromatic heterocycles. The molecule has 1 rings (SSSR count). The fourth-order valence-electron chi connectivity index (χ4n) is 1.20. The maximum atomic E-state index is 11.3. The number of aromatic nitrogens is 2. The lowest BCUT2D eigenvalue weighted by Crippen LogP contribution is -2.24. The third-order valence-electron chi connectivity index (χ3n) is 2.04. The zero-order valence-corrected chi connectivity index (χ0v) is 9.30. The second-order valence-electron chi connectivity index (χ2n) is 2.97. The lowest BCUT2D eigenvalue weighted by atomic mass is 10.3. The molecule has 1 aromatic rings. The molecule has 0 radical (unpaired) electrons. The fourth-order valence-corrected chi connectivity index (χ4v) is 1.20. The van der Waals surface area contributed by atoms with Gasteiger partial charge in [0.05, 0.1) is 13.7 Å². The summed E-state index contributed by atoms with van der Waals surface area (Å²) in [5.74, 6) is 2.66. The van der Waals surface area contributed by atoms with Crippen LogP contribution < -0.4 is 4.90 Å². The number of nitrogens with zero attached hydrogens (tertiary/aromatic N) is 3. The number of terminal acetylenes is 1. The highest BCUT2D eigenvalue weighted by molar-refractivity contribution is 5.87. The van der Waals surface area contributed by atoms with Crippen molar-refractivity contribution in [3.05, 3.63) is 18.1 Å². The van der Waals surface area contributed by atoms with E-state index in [0.29, 0.717) is 18.9 Å². The van der Waals surface area contributed by atoms with Gasteiger partial charge in [0.2, 0.25) is 0 Å². The summed E-state index contributed by atoms with van der Waals surface area (Å²) in [5, 5.41) is 0. The van der Waals surface area contributed by atoms with Crippen molar-refractivity contribution in [2.75, 3.05) is 25.1 Å². The molecule has 0 saturated carbocycles. The Kier molecular flexibility index (Phi) is 4.28. The van der Waals surface area contributed by atoms with Crippen LogP contribution in [0.4, 0.5) is 5.82 Å². The van der Waals surface area contributed by atoms with Gasteiger partial charge in [0, 0.05) is 12.6 Å². The normalized spacial score (nSPS) is 9.31. The molecule has 0 amide bonds. The maximum Gasteiger partial charge on any atom is 0.356 e. The van der Waals surface area contributed by atoms with Crippen molar-refractivity contribution < 1.29 is 9.53 Å². The molecule has 0 unspecified atom stereocenters. The summed E-state index contributed by atoms with van der Waals surface area (Å²) in [6.07, 6.45) is 6.56. The van der Waals surface area contributed by atoms with E-state index >= 15 is 0 Å². The van der Waals surface area contributed by atoms with E-state index < -0.39 is 5.97 Å². The molecule has 0 aliphatic carbocycles. The molecule has 5 nitrogen and oxygen atoms in total. The van der Waals surface area contributed by atoms with Crippen molar-refractivity contribution in [1.82, 2.24) is 9.97 Å². The molecule has 0 fully saturated rings. The van der Waals surface area contributed by atoms with E-state index in [1.807, 2.05) is 11.8 Å². The average Bonchev–Trinajstić information content (AvgIpc) is 2.35. The van der Waals surface area contributed by atoms with E-state index in [4.69, 9.17) is 6.42 Å². The zero-order valence-electron chi connectivity index (χ0n) is 9.30. The Morgan fingerprint density at radius 3 is 2.94 bits per heavy atom. The molecule has 0 atom stereocenters. The van der Waals surface area contributed by atoms with Gasteiger partial charge in [-0.1, -0.05) is 5.92 Å². The first-order valence-corrected chi connectivity index (χ1v) is 4.81. The van der Waals surface area contributed by atoms with Crippen molar-refractivity contribution in [1.29, 1.82) is 0 Å². The minimum atomic E-state index is -0.486. The number of rotatable bonds is 4. The number of hydrogen-bond acceptors (Lipinski definition) is 5. The summed E-state index contributed by atoms with van der Waals surface area (Å²) < 4.78 is 4.58. The Balaban J connectivity index is 2.97. The van der Waals surface area contributed by atoms with Gasteiger partial charge < -0.3 is 9.64 Å². The molecule has 84 valence electrons. The highest BCUT2D eigenvalue weighted by Gasteiger charge is 2.11. The number of hydrogen-bond donors (Lipinski definition) is 0. The topological polar surface area (TPSA) is 55.3 Å². The first kappa shape index (κ1) is 12.0. The molecule has 0 aliphatic heterocycles. The molecular formula is C11H13N3O2. The largest absolute Gasteiger partial charge is 0.464 e. The van der Waals surface area contributed by atoms with Crippen LogP contribution in [0.5, 0.6) is 0 Å². The summed E-state index contributed by atoms with van der Waals surface area (Å²) in [5.41, 5.74) is 0.225. The summed E-state index contributed by atoms with van der Waals surface area (Å²) in [6, 6.07) is 1.56. The Bertz CT molecular complexity index is 412. The molecule has 0 saturated heterocycles. The minimum absolute atomic E-state index is 0.225. The van der Waals surface area contributed by atoms with Gasteiger partial charge in [-0.25, -0.2) is 14.8 Å². The smallest absolute Gasteiger partial charge is 0.356 e. The van der Waals surface area contributed by atoms with Crippen molar-refractivity contribution in [3.63, 3.8) is 0 Å². The molecule has 0 spiro atoms. The van der Waals surface area contributed by atoms with Gasteiger partial charge in [-0.2, -0.15) is 0 Å². The first-order chi connectivity index (χ1) is 7.72. The number of carbonyl (C=O) groups excluding carboxylic acids is 1. The van der Waals surface area contributed by atoms with Crippen molar-refractivity contribution in [2.45, 2.75) is 6.92 Å². The second kappa shape index (κ2) is 5.71. The fraction of sp³-hybridized carbons (Fsp3) is 0.364. The number of anilines is 1. The van der Waals surface area contributed by atoms with Crippen LogP contribution in [0, 0.1) is 12.3 Å². The van der Waals surface area contributed by atoms with Crippen LogP contribution in [0.25, 0.3) is 0 Å². The van der Waals surface area contributed by atoms with Gasteiger partial charge in [-0.15, -0.1) is 6.42 Å². The van der Waals surface area contributed by atoms with E-state index in [2.05, 4.69) is 20.6 Å². The molecule has 5 heteroatoms. The Morgan fingerprint density at radius 1 is 1.62 bits per heavy atom. The lowest BCUT2D eigenvalue weighted by molar-refractivity contribution is 0.0594. The molecular weight excluding hydrogens is 206 g/mol. The van der Waals surface area contributed by atoms with Crippen LogP contribution in [0.3, 0.4) is 0 Å². The maximum absolute atomic E-state index is 11.3. The van der Waals surface area contributed by atoms with Crippen LogP contribution in [0.1, 0.15) is 17.4 Å². The Labute approximate surface area is 94.5 Å². The van der Waals surface area contributed by atoms with Crippen molar-refractivity contribution >= 4 is 11.8 Å². The predicted octanol–water partition coefficient (Wildman–Crippen LogP) is 0.723. The Morgan fingerprint density at radius 2 is 2.38 bits per heavy atom. The van der Waals surface area contributed by atoms with Crippen molar-refractivity contribution in [2.24, 2.45) is 0 Å². The van der Waals surface area contributed by atoms with Gasteiger partial charge in [0.15, 0.2) is 5.69 Å². The van der Waals surface area contributed by atoms with Gasteiger partial charge in [0.1, 0.15) is 12.1 Å². The summed E-state index contributed by atoms with van der Waals surface area (Å²) >= 11 is 0. The molecule has 16 heavy (non-hydrogen) atoms. The van der Waals surface area contributed by atoms with Crippen LogP contribution in [-0.2, 0) is 4.74 Å². The van der Waals surface area contributed by atoms with Gasteiger partial charge in [0.25, 0.3) is 0 Å². The molecule has 0 aliphatic rings. The van der Waals surface area contributed by atoms with Gasteiger partial charge in [-0.3, -0.25) is 0 Å². The predicted molar refractivity (Wildman–Crippen MR) is 60.1 cm³/mol. The summed E-state index contributed by atoms with van der Waals surface area (Å²) in [6.45, 7) is 3.10. The number of carbonyl (C=O) groups is 1. The van der Waals surface area contributed by atoms with Crippen LogP contribution in [0.2, 0.25) is 0 Å². The van der Waals surface area contributed by atoms with E-state index in [-0.39, 0.29) is 5.69 Å². The number of ether oxygens (including phenoxy) is 1. The summed E-state index contributed by atoms with van der Waals surface area (Å²) in [7, 11) is 1.31. The monoisotopic (exact) mass is 219 g/mol. The van der Waals surface area contributed by atoms with Crippen LogP contribution in [-0.4, -0.2) is 36.1 Å². The molecule has 0 N–H and O–H groups in total. The first-order valence-electron chi connectivity index (χ1n) is 4.81. The van der Waals surface area contributed by atoms with Crippen molar-refractivity contribution in [3.8, 4) is 12.3 Å². The van der Waals surface area contributed by atoms with E-state index in [0.717, 1.165) is 0 Å². The number of esters is 1. The second-order valence-corrected chi connectivity index (χ2v) is 2.97. The lowest BCUT2D eigenvalue weighted by Gasteiger charge is -2.18. The molecule has 0 bridgehead atoms. The third-order valence-corrected chi connectivity index (χ3v) is 2.04.